The molecule has 0 saturated heterocycles. The van der Waals surface area contributed by atoms with Crippen molar-refractivity contribution in [3.8, 4) is 5.75 Å². The highest BCUT2D eigenvalue weighted by molar-refractivity contribution is 7.89. The van der Waals surface area contributed by atoms with Gasteiger partial charge in [-0.05, 0) is 49.2 Å². The Balaban J connectivity index is 1.99. The number of halogens is 1. The van der Waals surface area contributed by atoms with Crippen LogP contribution in [0.2, 0.25) is 0 Å². The molecule has 0 saturated carbocycles. The van der Waals surface area contributed by atoms with Crippen LogP contribution in [0.3, 0.4) is 0 Å². The zero-order valence-corrected chi connectivity index (χ0v) is 19.5. The summed E-state index contributed by atoms with van der Waals surface area (Å²) < 4.78 is 49.6. The van der Waals surface area contributed by atoms with Gasteiger partial charge in [0.25, 0.3) is 0 Å². The maximum atomic E-state index is 15.0. The second-order valence-corrected chi connectivity index (χ2v) is 9.91. The number of carboxylic acids is 1. The zero-order chi connectivity index (χ0) is 24.5. The van der Waals surface area contributed by atoms with E-state index >= 15 is 4.39 Å². The molecule has 0 unspecified atom stereocenters. The third-order valence-corrected chi connectivity index (χ3v) is 7.83. The molecular weight excluding hydrogens is 457 g/mol. The Bertz CT molecular complexity index is 1350. The molecule has 0 bridgehead atoms. The van der Waals surface area contributed by atoms with Crippen LogP contribution in [0.1, 0.15) is 35.2 Å². The van der Waals surface area contributed by atoms with E-state index in [0.717, 1.165) is 9.87 Å². The smallest absolute Gasteiger partial charge is 0.333 e. The van der Waals surface area contributed by atoms with Crippen LogP contribution in [0.25, 0.3) is 0 Å². The topological polar surface area (TPSA) is 83.9 Å². The van der Waals surface area contributed by atoms with Crippen LogP contribution in [0, 0.1) is 12.7 Å². The first kappa shape index (κ1) is 23.7. The minimum Gasteiger partial charge on any atom is -0.497 e. The van der Waals surface area contributed by atoms with Gasteiger partial charge in [0.2, 0.25) is 10.0 Å². The summed E-state index contributed by atoms with van der Waals surface area (Å²) in [5.41, 5.74) is 1.26. The summed E-state index contributed by atoms with van der Waals surface area (Å²) in [6, 6.07) is 16.7. The molecule has 0 aliphatic carbocycles. The Morgan fingerprint density at radius 3 is 2.41 bits per heavy atom. The fourth-order valence-corrected chi connectivity index (χ4v) is 6.02. The number of ether oxygens (including phenoxy) is 1. The van der Waals surface area contributed by atoms with E-state index in [-0.39, 0.29) is 22.5 Å². The number of methoxy groups -OCH3 is 1. The summed E-state index contributed by atoms with van der Waals surface area (Å²) >= 11 is 0. The normalized spacial score (nSPS) is 18.9. The average Bonchev–Trinajstić information content (AvgIpc) is 2.83. The maximum absolute atomic E-state index is 15.0. The Hall–Kier alpha value is -3.49. The molecule has 2 atom stereocenters. The Morgan fingerprint density at radius 2 is 1.76 bits per heavy atom. The monoisotopic (exact) mass is 481 g/mol. The second kappa shape index (κ2) is 9.40. The summed E-state index contributed by atoms with van der Waals surface area (Å²) in [4.78, 5) is 12.2. The molecule has 176 valence electrons. The van der Waals surface area contributed by atoms with E-state index in [4.69, 9.17) is 4.74 Å². The van der Waals surface area contributed by atoms with Gasteiger partial charge >= 0.3 is 5.97 Å². The number of aryl methyl sites for hydroxylation is 1. The first-order valence-corrected chi connectivity index (χ1v) is 12.1. The third-order valence-electron chi connectivity index (χ3n) is 5.94. The first-order valence-electron chi connectivity index (χ1n) is 10.7. The number of carboxylic acid groups (broad SMARTS) is 1. The predicted octanol–water partition coefficient (Wildman–Crippen LogP) is 5.03. The van der Waals surface area contributed by atoms with Crippen molar-refractivity contribution in [1.82, 2.24) is 4.31 Å². The molecule has 1 N–H and O–H groups in total. The largest absolute Gasteiger partial charge is 0.497 e. The van der Waals surface area contributed by atoms with Crippen molar-refractivity contribution in [3.05, 3.63) is 107 Å². The molecule has 0 amide bonds. The molecule has 4 rings (SSSR count). The standard InChI is InChI=1S/C26H24FNO5S/c1-17-10-12-20(13-11-17)34(31,32)28-24(18-6-5-7-19(16-18)33-2)15-14-22(26(29)30)25(28)21-8-3-4-9-23(21)27/h3-14,16,24-25H,15H2,1-2H3,(H,29,30)/t24-,25-/m0/s1. The molecule has 1 heterocycles. The summed E-state index contributed by atoms with van der Waals surface area (Å²) in [7, 11) is -2.75. The average molecular weight is 482 g/mol. The highest BCUT2D eigenvalue weighted by atomic mass is 32.2. The van der Waals surface area contributed by atoms with Crippen LogP contribution in [0.4, 0.5) is 4.39 Å². The van der Waals surface area contributed by atoms with Crippen LogP contribution in [0.5, 0.6) is 5.75 Å². The van der Waals surface area contributed by atoms with Gasteiger partial charge in [0, 0.05) is 5.56 Å². The molecule has 6 nitrogen and oxygen atoms in total. The lowest BCUT2D eigenvalue weighted by Crippen LogP contribution is -2.42. The molecule has 8 heteroatoms. The van der Waals surface area contributed by atoms with Gasteiger partial charge in [-0.15, -0.1) is 0 Å². The number of sulfonamides is 1. The number of benzene rings is 3. The van der Waals surface area contributed by atoms with Crippen LogP contribution < -0.4 is 4.74 Å². The van der Waals surface area contributed by atoms with E-state index in [1.165, 1.54) is 43.5 Å². The van der Waals surface area contributed by atoms with Crippen molar-refractivity contribution in [2.75, 3.05) is 7.11 Å². The summed E-state index contributed by atoms with van der Waals surface area (Å²) in [5.74, 6) is -1.46. The number of rotatable bonds is 6. The number of nitrogens with zero attached hydrogens (tertiary/aromatic N) is 1. The Morgan fingerprint density at radius 1 is 1.06 bits per heavy atom. The summed E-state index contributed by atoms with van der Waals surface area (Å²) in [6.07, 6.45) is 1.58. The van der Waals surface area contributed by atoms with E-state index in [1.807, 2.05) is 6.92 Å². The van der Waals surface area contributed by atoms with Crippen molar-refractivity contribution < 1.29 is 27.4 Å². The molecule has 34 heavy (non-hydrogen) atoms. The van der Waals surface area contributed by atoms with Gasteiger partial charge in [-0.3, -0.25) is 0 Å². The molecule has 0 spiro atoms. The first-order chi connectivity index (χ1) is 16.2. The van der Waals surface area contributed by atoms with Crippen molar-refractivity contribution in [2.45, 2.75) is 30.3 Å². The minimum atomic E-state index is -4.25. The SMILES string of the molecule is COc1cccc([C@@H]2CC=C(C(=O)O)[C@H](c3ccccc3F)N2S(=O)(=O)c2ccc(C)cc2)c1. The van der Waals surface area contributed by atoms with Gasteiger partial charge in [-0.1, -0.05) is 54.1 Å². The quantitative estimate of drug-likeness (QED) is 0.534. The molecule has 0 fully saturated rings. The van der Waals surface area contributed by atoms with Gasteiger partial charge in [0.1, 0.15) is 11.6 Å². The van der Waals surface area contributed by atoms with Gasteiger partial charge in [0.05, 0.1) is 29.7 Å². The van der Waals surface area contributed by atoms with E-state index in [9.17, 15) is 18.3 Å². The van der Waals surface area contributed by atoms with E-state index < -0.39 is 33.9 Å². The van der Waals surface area contributed by atoms with Gasteiger partial charge in [0.15, 0.2) is 0 Å². The number of aliphatic carboxylic acids is 1. The second-order valence-electron chi connectivity index (χ2n) is 8.06. The fraction of sp³-hybridized carbons (Fsp3) is 0.192. The molecular formula is C26H24FNO5S. The lowest BCUT2D eigenvalue weighted by Gasteiger charge is -2.40. The zero-order valence-electron chi connectivity index (χ0n) is 18.7. The van der Waals surface area contributed by atoms with E-state index in [1.54, 1.807) is 42.5 Å². The minimum absolute atomic E-state index is 0.000950. The summed E-state index contributed by atoms with van der Waals surface area (Å²) in [6.45, 7) is 1.84. The number of hydrogen-bond acceptors (Lipinski definition) is 4. The molecule has 1 aliphatic rings. The van der Waals surface area contributed by atoms with Crippen LogP contribution in [-0.4, -0.2) is 30.9 Å². The van der Waals surface area contributed by atoms with Crippen molar-refractivity contribution in [2.24, 2.45) is 0 Å². The molecule has 0 radical (unpaired) electrons. The molecule has 0 aromatic heterocycles. The lowest BCUT2D eigenvalue weighted by molar-refractivity contribution is -0.133. The maximum Gasteiger partial charge on any atom is 0.333 e. The van der Waals surface area contributed by atoms with Crippen molar-refractivity contribution in [3.63, 3.8) is 0 Å². The third kappa shape index (κ3) is 4.34. The fourth-order valence-electron chi connectivity index (χ4n) is 4.25. The molecule has 3 aromatic rings. The number of carbonyl (C=O) groups is 1. The van der Waals surface area contributed by atoms with Crippen LogP contribution >= 0.6 is 0 Å². The Labute approximate surface area is 198 Å². The number of hydrogen-bond donors (Lipinski definition) is 1. The van der Waals surface area contributed by atoms with Gasteiger partial charge < -0.3 is 9.84 Å². The van der Waals surface area contributed by atoms with Crippen LogP contribution in [-0.2, 0) is 14.8 Å². The van der Waals surface area contributed by atoms with Crippen molar-refractivity contribution >= 4 is 16.0 Å². The van der Waals surface area contributed by atoms with Crippen LogP contribution in [0.15, 0.2) is 89.3 Å². The highest BCUT2D eigenvalue weighted by Gasteiger charge is 2.45. The molecule has 1 aliphatic heterocycles. The molecule has 3 aromatic carbocycles. The van der Waals surface area contributed by atoms with E-state index in [0.29, 0.717) is 11.3 Å². The van der Waals surface area contributed by atoms with E-state index in [2.05, 4.69) is 0 Å². The van der Waals surface area contributed by atoms with Crippen molar-refractivity contribution in [1.29, 1.82) is 0 Å². The Kier molecular flexibility index (Phi) is 6.54. The van der Waals surface area contributed by atoms with Gasteiger partial charge in [-0.2, -0.15) is 4.31 Å². The highest BCUT2D eigenvalue weighted by Crippen LogP contribution is 2.46. The predicted molar refractivity (Wildman–Crippen MR) is 125 cm³/mol. The van der Waals surface area contributed by atoms with Gasteiger partial charge in [-0.25, -0.2) is 17.6 Å². The lowest BCUT2D eigenvalue weighted by atomic mass is 9.89. The summed E-state index contributed by atoms with van der Waals surface area (Å²) in [5, 5.41) is 9.96.